The normalized spacial score (nSPS) is 12.0. The van der Waals surface area contributed by atoms with Gasteiger partial charge in [-0.15, -0.1) is 5.10 Å². The molecule has 0 spiro atoms. The van der Waals surface area contributed by atoms with Gasteiger partial charge < -0.3 is 15.8 Å². The topological polar surface area (TPSA) is 95.1 Å². The molecule has 7 nitrogen and oxygen atoms in total. The van der Waals surface area contributed by atoms with Crippen LogP contribution in [-0.2, 0) is 6.54 Å². The Hall–Kier alpha value is -2.41. The zero-order valence-corrected chi connectivity index (χ0v) is 12.1. The number of aromatic nitrogens is 3. The molecular formula is C14H19N5O2. The predicted octanol–water partition coefficient (Wildman–Crippen LogP) is 0.736. The number of hydrogen-bond acceptors (Lipinski definition) is 5. The molecule has 0 aliphatic rings. The monoisotopic (exact) mass is 289 g/mol. The Morgan fingerprint density at radius 3 is 3.05 bits per heavy atom. The second kappa shape index (κ2) is 6.85. The average molecular weight is 289 g/mol. The fourth-order valence-corrected chi connectivity index (χ4v) is 1.91. The maximum absolute atomic E-state index is 12.1. The van der Waals surface area contributed by atoms with E-state index in [0.29, 0.717) is 13.1 Å². The standard InChI is InChI=1S/C14H19N5O2/c1-10(11-4-3-5-12(8-11)21-2)16-14(20)13-9-19(7-6-15)18-17-13/h3-5,8-10H,6-7,15H2,1-2H3,(H,16,20)/t10-/m0/s1. The predicted molar refractivity (Wildman–Crippen MR) is 78.0 cm³/mol. The van der Waals surface area contributed by atoms with Crippen LogP contribution in [0.1, 0.15) is 29.0 Å². The second-order valence-electron chi connectivity index (χ2n) is 4.63. The molecule has 0 bridgehead atoms. The molecule has 112 valence electrons. The number of nitrogens with one attached hydrogen (secondary N) is 1. The molecule has 21 heavy (non-hydrogen) atoms. The highest BCUT2D eigenvalue weighted by Gasteiger charge is 2.15. The van der Waals surface area contributed by atoms with Gasteiger partial charge in [-0.2, -0.15) is 0 Å². The molecule has 0 aliphatic carbocycles. The lowest BCUT2D eigenvalue weighted by molar-refractivity contribution is 0.0934. The summed E-state index contributed by atoms with van der Waals surface area (Å²) in [6.07, 6.45) is 1.58. The molecule has 7 heteroatoms. The van der Waals surface area contributed by atoms with Crippen LogP contribution in [0, 0.1) is 0 Å². The molecule has 1 amide bonds. The molecule has 0 fully saturated rings. The summed E-state index contributed by atoms with van der Waals surface area (Å²) in [5, 5.41) is 10.6. The Labute approximate surface area is 123 Å². The van der Waals surface area contributed by atoms with Gasteiger partial charge in [0.1, 0.15) is 5.75 Å². The van der Waals surface area contributed by atoms with Crippen molar-refractivity contribution in [2.24, 2.45) is 5.73 Å². The molecule has 1 atom stereocenters. The summed E-state index contributed by atoms with van der Waals surface area (Å²) < 4.78 is 6.72. The smallest absolute Gasteiger partial charge is 0.273 e. The summed E-state index contributed by atoms with van der Waals surface area (Å²) in [6.45, 7) is 2.88. The molecule has 2 rings (SSSR count). The van der Waals surface area contributed by atoms with E-state index in [9.17, 15) is 4.79 Å². The van der Waals surface area contributed by atoms with Gasteiger partial charge >= 0.3 is 0 Å². The van der Waals surface area contributed by atoms with Crippen LogP contribution in [0.2, 0.25) is 0 Å². The van der Waals surface area contributed by atoms with Crippen molar-refractivity contribution in [3.05, 3.63) is 41.7 Å². The zero-order chi connectivity index (χ0) is 15.2. The molecule has 1 aromatic heterocycles. The number of methoxy groups -OCH3 is 1. The Balaban J connectivity index is 2.03. The highest BCUT2D eigenvalue weighted by Crippen LogP contribution is 2.18. The van der Waals surface area contributed by atoms with Gasteiger partial charge in [0.2, 0.25) is 0 Å². The molecule has 3 N–H and O–H groups in total. The maximum atomic E-state index is 12.1. The third-order valence-electron chi connectivity index (χ3n) is 3.07. The number of amides is 1. The molecule has 0 aliphatic heterocycles. The number of nitrogens with zero attached hydrogens (tertiary/aromatic N) is 3. The largest absolute Gasteiger partial charge is 0.497 e. The molecule has 0 saturated carbocycles. The van der Waals surface area contributed by atoms with Crippen molar-refractivity contribution >= 4 is 5.91 Å². The van der Waals surface area contributed by atoms with Crippen molar-refractivity contribution in [1.29, 1.82) is 0 Å². The first-order valence-corrected chi connectivity index (χ1v) is 6.69. The number of carbonyl (C=O) groups is 1. The lowest BCUT2D eigenvalue weighted by Gasteiger charge is -2.14. The molecule has 0 radical (unpaired) electrons. The van der Waals surface area contributed by atoms with E-state index < -0.39 is 0 Å². The van der Waals surface area contributed by atoms with Crippen molar-refractivity contribution in [2.75, 3.05) is 13.7 Å². The SMILES string of the molecule is COc1cccc([C@H](C)NC(=O)c2cn(CCN)nn2)c1. The summed E-state index contributed by atoms with van der Waals surface area (Å²) in [5.74, 6) is 0.482. The Bertz CT molecular complexity index is 611. The number of carbonyl (C=O) groups excluding carboxylic acids is 1. The van der Waals surface area contributed by atoms with Crippen LogP contribution < -0.4 is 15.8 Å². The van der Waals surface area contributed by atoms with Crippen molar-refractivity contribution in [3.8, 4) is 5.75 Å². The van der Waals surface area contributed by atoms with E-state index in [-0.39, 0.29) is 17.6 Å². The number of benzene rings is 1. The van der Waals surface area contributed by atoms with Gasteiger partial charge in [-0.25, -0.2) is 0 Å². The van der Waals surface area contributed by atoms with Crippen molar-refractivity contribution in [1.82, 2.24) is 20.3 Å². The first kappa shape index (κ1) is 15.0. The summed E-state index contributed by atoms with van der Waals surface area (Å²) in [6, 6.07) is 7.40. The van der Waals surface area contributed by atoms with Crippen molar-refractivity contribution in [3.63, 3.8) is 0 Å². The van der Waals surface area contributed by atoms with Crippen LogP contribution in [0.5, 0.6) is 5.75 Å². The summed E-state index contributed by atoms with van der Waals surface area (Å²) in [7, 11) is 1.61. The molecule has 1 aromatic carbocycles. The van der Waals surface area contributed by atoms with E-state index in [1.165, 1.54) is 0 Å². The van der Waals surface area contributed by atoms with E-state index in [1.807, 2.05) is 31.2 Å². The van der Waals surface area contributed by atoms with Crippen molar-refractivity contribution in [2.45, 2.75) is 19.5 Å². The van der Waals surface area contributed by atoms with E-state index in [0.717, 1.165) is 11.3 Å². The molecule has 2 aromatic rings. The van der Waals surface area contributed by atoms with Crippen LogP contribution in [0.3, 0.4) is 0 Å². The number of rotatable bonds is 6. The van der Waals surface area contributed by atoms with Crippen molar-refractivity contribution < 1.29 is 9.53 Å². The van der Waals surface area contributed by atoms with Gasteiger partial charge in [0.15, 0.2) is 5.69 Å². The molecule has 1 heterocycles. The van der Waals surface area contributed by atoms with Gasteiger partial charge in [0.25, 0.3) is 5.91 Å². The van der Waals surface area contributed by atoms with Gasteiger partial charge in [-0.3, -0.25) is 9.48 Å². The van der Waals surface area contributed by atoms with E-state index in [2.05, 4.69) is 15.6 Å². The minimum Gasteiger partial charge on any atom is -0.497 e. The van der Waals surface area contributed by atoms with Crippen LogP contribution in [0.25, 0.3) is 0 Å². The highest BCUT2D eigenvalue weighted by atomic mass is 16.5. The van der Waals surface area contributed by atoms with Crippen LogP contribution in [0.15, 0.2) is 30.5 Å². The maximum Gasteiger partial charge on any atom is 0.273 e. The summed E-state index contributed by atoms with van der Waals surface area (Å²) in [4.78, 5) is 12.1. The summed E-state index contributed by atoms with van der Waals surface area (Å²) >= 11 is 0. The van der Waals surface area contributed by atoms with Crippen LogP contribution in [-0.4, -0.2) is 34.6 Å². The average Bonchev–Trinajstić information content (AvgIpc) is 2.96. The first-order valence-electron chi connectivity index (χ1n) is 6.69. The van der Waals surface area contributed by atoms with Gasteiger partial charge in [0, 0.05) is 6.54 Å². The summed E-state index contributed by atoms with van der Waals surface area (Å²) in [5.41, 5.74) is 6.66. The minimum absolute atomic E-state index is 0.160. The van der Waals surface area contributed by atoms with Crippen LogP contribution in [0.4, 0.5) is 0 Å². The second-order valence-corrected chi connectivity index (χ2v) is 4.63. The fraction of sp³-hybridized carbons (Fsp3) is 0.357. The first-order chi connectivity index (χ1) is 10.1. The fourth-order valence-electron chi connectivity index (χ4n) is 1.91. The third-order valence-corrected chi connectivity index (χ3v) is 3.07. The zero-order valence-electron chi connectivity index (χ0n) is 12.1. The third kappa shape index (κ3) is 3.79. The van der Waals surface area contributed by atoms with Crippen LogP contribution >= 0.6 is 0 Å². The Morgan fingerprint density at radius 1 is 1.52 bits per heavy atom. The lowest BCUT2D eigenvalue weighted by atomic mass is 10.1. The van der Waals surface area contributed by atoms with Gasteiger partial charge in [-0.05, 0) is 24.6 Å². The van der Waals surface area contributed by atoms with Gasteiger partial charge in [-0.1, -0.05) is 17.3 Å². The van der Waals surface area contributed by atoms with E-state index in [1.54, 1.807) is 18.0 Å². The quantitative estimate of drug-likeness (QED) is 0.817. The lowest BCUT2D eigenvalue weighted by Crippen LogP contribution is -2.27. The molecular weight excluding hydrogens is 270 g/mol. The van der Waals surface area contributed by atoms with Gasteiger partial charge in [0.05, 0.1) is 25.9 Å². The number of hydrogen-bond donors (Lipinski definition) is 2. The highest BCUT2D eigenvalue weighted by molar-refractivity contribution is 5.92. The van der Waals surface area contributed by atoms with E-state index in [4.69, 9.17) is 10.5 Å². The molecule has 0 unspecified atom stereocenters. The minimum atomic E-state index is -0.270. The number of ether oxygens (including phenoxy) is 1. The van der Waals surface area contributed by atoms with E-state index >= 15 is 0 Å². The Morgan fingerprint density at radius 2 is 2.33 bits per heavy atom. The molecule has 0 saturated heterocycles. The Kier molecular flexibility index (Phi) is 4.89. The number of nitrogens with two attached hydrogens (primary N) is 1.